The number of carbonyl (C=O) groups excluding carboxylic acids is 1. The maximum Gasteiger partial charge on any atom is 0.343 e. The number of anilines is 1. The van der Waals surface area contributed by atoms with Crippen LogP contribution in [0, 0.1) is 0 Å². The summed E-state index contributed by atoms with van der Waals surface area (Å²) in [4.78, 5) is 25.9. The molecule has 4 aromatic rings. The maximum atomic E-state index is 12.5. The summed E-state index contributed by atoms with van der Waals surface area (Å²) < 4.78 is 6.98. The molecule has 0 aliphatic carbocycles. The summed E-state index contributed by atoms with van der Waals surface area (Å²) in [5.74, 6) is 0.375. The molecule has 0 spiro atoms. The Hall–Kier alpha value is -3.74. The predicted molar refractivity (Wildman–Crippen MR) is 111 cm³/mol. The summed E-state index contributed by atoms with van der Waals surface area (Å²) in [6.07, 6.45) is 3.15. The van der Waals surface area contributed by atoms with E-state index in [2.05, 4.69) is 20.3 Å². The van der Waals surface area contributed by atoms with Crippen molar-refractivity contribution in [1.82, 2.24) is 19.5 Å². The van der Waals surface area contributed by atoms with E-state index in [0.717, 1.165) is 16.6 Å². The first-order valence-electron chi connectivity index (χ1n) is 9.45. The van der Waals surface area contributed by atoms with E-state index in [0.29, 0.717) is 11.8 Å². The van der Waals surface area contributed by atoms with Crippen LogP contribution in [0.15, 0.2) is 67.1 Å². The van der Waals surface area contributed by atoms with E-state index < -0.39 is 5.97 Å². The molecule has 1 atom stereocenters. The van der Waals surface area contributed by atoms with Crippen LogP contribution in [0.2, 0.25) is 0 Å². The lowest BCUT2D eigenvalue weighted by atomic mass is 10.1. The van der Waals surface area contributed by atoms with E-state index in [1.54, 1.807) is 17.8 Å². The standard InChI is InChI=1S/C22H21N5O2/c1-3-29-21(28)17-13-23-22(25-15(2)16-9-5-4-6-10-16)26-20(17)27-14-24-18-11-7-8-12-19(18)27/h4-15H,3H2,1-2H3,(H,23,25,26). The Morgan fingerprint density at radius 2 is 1.86 bits per heavy atom. The molecule has 0 radical (unpaired) electrons. The topological polar surface area (TPSA) is 81.9 Å². The third-order valence-corrected chi connectivity index (χ3v) is 4.59. The zero-order valence-electron chi connectivity index (χ0n) is 16.2. The van der Waals surface area contributed by atoms with E-state index in [1.807, 2.05) is 61.5 Å². The Morgan fingerprint density at radius 3 is 2.66 bits per heavy atom. The van der Waals surface area contributed by atoms with E-state index in [1.165, 1.54) is 6.20 Å². The molecule has 2 aromatic heterocycles. The van der Waals surface area contributed by atoms with Gasteiger partial charge in [0.2, 0.25) is 5.95 Å². The normalized spacial score (nSPS) is 11.9. The fourth-order valence-corrected chi connectivity index (χ4v) is 3.13. The minimum Gasteiger partial charge on any atom is -0.462 e. The van der Waals surface area contributed by atoms with Gasteiger partial charge in [0.1, 0.15) is 11.9 Å². The third kappa shape index (κ3) is 3.80. The summed E-state index contributed by atoms with van der Waals surface area (Å²) in [6.45, 7) is 4.07. The van der Waals surface area contributed by atoms with Crippen LogP contribution in [-0.2, 0) is 4.74 Å². The highest BCUT2D eigenvalue weighted by atomic mass is 16.5. The minimum atomic E-state index is -0.470. The van der Waals surface area contributed by atoms with Crippen molar-refractivity contribution < 1.29 is 9.53 Å². The van der Waals surface area contributed by atoms with Crippen molar-refractivity contribution in [3.8, 4) is 5.82 Å². The van der Waals surface area contributed by atoms with Gasteiger partial charge in [-0.2, -0.15) is 4.98 Å². The van der Waals surface area contributed by atoms with Gasteiger partial charge in [0.25, 0.3) is 0 Å². The number of imidazole rings is 1. The van der Waals surface area contributed by atoms with Crippen LogP contribution < -0.4 is 5.32 Å². The summed E-state index contributed by atoms with van der Waals surface area (Å²) in [7, 11) is 0. The van der Waals surface area contributed by atoms with E-state index in [-0.39, 0.29) is 18.2 Å². The molecule has 0 amide bonds. The smallest absolute Gasteiger partial charge is 0.343 e. The number of nitrogens with zero attached hydrogens (tertiary/aromatic N) is 4. The molecule has 2 heterocycles. The van der Waals surface area contributed by atoms with Crippen molar-refractivity contribution in [1.29, 1.82) is 0 Å². The van der Waals surface area contributed by atoms with Gasteiger partial charge in [-0.3, -0.25) is 4.57 Å². The molecule has 7 nitrogen and oxygen atoms in total. The van der Waals surface area contributed by atoms with Crippen LogP contribution in [0.5, 0.6) is 0 Å². The van der Waals surface area contributed by atoms with Crippen molar-refractivity contribution in [2.24, 2.45) is 0 Å². The first kappa shape index (κ1) is 18.6. The van der Waals surface area contributed by atoms with Crippen LogP contribution in [0.4, 0.5) is 5.95 Å². The van der Waals surface area contributed by atoms with Crippen LogP contribution in [0.25, 0.3) is 16.9 Å². The minimum absolute atomic E-state index is 0.00275. The molecule has 1 unspecified atom stereocenters. The van der Waals surface area contributed by atoms with E-state index >= 15 is 0 Å². The van der Waals surface area contributed by atoms with Crippen LogP contribution >= 0.6 is 0 Å². The quantitative estimate of drug-likeness (QED) is 0.500. The number of para-hydroxylation sites is 2. The number of hydrogen-bond donors (Lipinski definition) is 1. The molecular formula is C22H21N5O2. The van der Waals surface area contributed by atoms with Gasteiger partial charge >= 0.3 is 5.97 Å². The largest absolute Gasteiger partial charge is 0.462 e. The van der Waals surface area contributed by atoms with Gasteiger partial charge < -0.3 is 10.1 Å². The molecule has 0 aliphatic heterocycles. The lowest BCUT2D eigenvalue weighted by Crippen LogP contribution is -2.15. The Balaban J connectivity index is 1.76. The van der Waals surface area contributed by atoms with Gasteiger partial charge in [-0.25, -0.2) is 14.8 Å². The van der Waals surface area contributed by atoms with E-state index in [4.69, 9.17) is 4.74 Å². The average Bonchev–Trinajstić information content (AvgIpc) is 3.18. The van der Waals surface area contributed by atoms with Crippen LogP contribution in [0.1, 0.15) is 35.8 Å². The second-order valence-electron chi connectivity index (χ2n) is 6.53. The molecule has 146 valence electrons. The molecule has 0 aliphatic rings. The fraction of sp³-hybridized carbons (Fsp3) is 0.182. The number of hydrogen-bond acceptors (Lipinski definition) is 6. The molecule has 4 rings (SSSR count). The Labute approximate surface area is 168 Å². The lowest BCUT2D eigenvalue weighted by Gasteiger charge is -2.16. The highest BCUT2D eigenvalue weighted by molar-refractivity contribution is 5.93. The second kappa shape index (κ2) is 8.10. The maximum absolute atomic E-state index is 12.5. The van der Waals surface area contributed by atoms with Crippen molar-refractivity contribution in [2.45, 2.75) is 19.9 Å². The summed E-state index contributed by atoms with van der Waals surface area (Å²) >= 11 is 0. The lowest BCUT2D eigenvalue weighted by molar-refractivity contribution is 0.0525. The van der Waals surface area contributed by atoms with Gasteiger partial charge in [0.05, 0.1) is 23.7 Å². The predicted octanol–water partition coefficient (Wildman–Crippen LogP) is 4.17. The molecule has 7 heteroatoms. The number of carbonyl (C=O) groups is 1. The zero-order chi connectivity index (χ0) is 20.2. The third-order valence-electron chi connectivity index (χ3n) is 4.59. The molecular weight excluding hydrogens is 366 g/mol. The van der Waals surface area contributed by atoms with Crippen molar-refractivity contribution in [3.63, 3.8) is 0 Å². The van der Waals surface area contributed by atoms with Crippen molar-refractivity contribution >= 4 is 23.0 Å². The molecule has 2 aromatic carbocycles. The first-order chi connectivity index (χ1) is 14.2. The Morgan fingerprint density at radius 1 is 1.10 bits per heavy atom. The van der Waals surface area contributed by atoms with Gasteiger partial charge in [0, 0.05) is 6.20 Å². The Kier molecular flexibility index (Phi) is 5.20. The molecule has 0 fully saturated rings. The van der Waals surface area contributed by atoms with Crippen molar-refractivity contribution in [2.75, 3.05) is 11.9 Å². The molecule has 29 heavy (non-hydrogen) atoms. The van der Waals surface area contributed by atoms with Gasteiger partial charge in [-0.15, -0.1) is 0 Å². The summed E-state index contributed by atoms with van der Waals surface area (Å²) in [5.41, 5.74) is 3.06. The number of nitrogens with one attached hydrogen (secondary N) is 1. The van der Waals surface area contributed by atoms with Crippen molar-refractivity contribution in [3.05, 3.63) is 78.2 Å². The first-order valence-corrected chi connectivity index (χ1v) is 9.45. The highest BCUT2D eigenvalue weighted by Crippen LogP contribution is 2.23. The van der Waals surface area contributed by atoms with Gasteiger partial charge in [-0.05, 0) is 31.5 Å². The number of ether oxygens (including phenoxy) is 1. The number of rotatable bonds is 6. The van der Waals surface area contributed by atoms with Gasteiger partial charge in [-0.1, -0.05) is 42.5 Å². The zero-order valence-corrected chi connectivity index (χ0v) is 16.2. The van der Waals surface area contributed by atoms with Gasteiger partial charge in [0.15, 0.2) is 5.82 Å². The number of aromatic nitrogens is 4. The van der Waals surface area contributed by atoms with Crippen LogP contribution in [0.3, 0.4) is 0 Å². The number of esters is 1. The SMILES string of the molecule is CCOC(=O)c1cnc(NC(C)c2ccccc2)nc1-n1cnc2ccccc21. The molecule has 0 bridgehead atoms. The van der Waals surface area contributed by atoms with Crippen LogP contribution in [-0.4, -0.2) is 32.1 Å². The molecule has 1 N–H and O–H groups in total. The highest BCUT2D eigenvalue weighted by Gasteiger charge is 2.20. The number of benzene rings is 2. The second-order valence-corrected chi connectivity index (χ2v) is 6.53. The number of fused-ring (bicyclic) bond motifs is 1. The molecule has 0 saturated carbocycles. The molecule has 0 saturated heterocycles. The fourth-order valence-electron chi connectivity index (χ4n) is 3.13. The average molecular weight is 387 g/mol. The summed E-state index contributed by atoms with van der Waals surface area (Å²) in [6, 6.07) is 17.7. The monoisotopic (exact) mass is 387 g/mol. The summed E-state index contributed by atoms with van der Waals surface area (Å²) in [5, 5.41) is 3.30. The Bertz CT molecular complexity index is 1140. The van der Waals surface area contributed by atoms with E-state index in [9.17, 15) is 4.79 Å².